The van der Waals surface area contributed by atoms with Crippen molar-refractivity contribution < 1.29 is 4.42 Å². The van der Waals surface area contributed by atoms with Crippen LogP contribution in [0.15, 0.2) is 162 Å². The fourth-order valence-electron chi connectivity index (χ4n) is 7.76. The molecule has 0 aliphatic carbocycles. The van der Waals surface area contributed by atoms with Crippen molar-refractivity contribution in [2.45, 2.75) is 0 Å². The minimum absolute atomic E-state index is 0.918. The minimum atomic E-state index is 0.918. The van der Waals surface area contributed by atoms with Crippen molar-refractivity contribution in [3.05, 3.63) is 158 Å². The molecule has 0 aliphatic heterocycles. The zero-order chi connectivity index (χ0) is 29.5. The Morgan fingerprint density at radius 3 is 1.42 bits per heavy atom. The summed E-state index contributed by atoms with van der Waals surface area (Å²) in [6.45, 7) is 0. The highest BCUT2D eigenvalue weighted by atomic mass is 16.3. The maximum Gasteiger partial charge on any atom is 0.136 e. The van der Waals surface area contributed by atoms with Gasteiger partial charge in [-0.15, -0.1) is 0 Å². The molecule has 0 saturated heterocycles. The lowest BCUT2D eigenvalue weighted by Gasteiger charge is -2.20. The van der Waals surface area contributed by atoms with Crippen LogP contribution in [-0.4, -0.2) is 0 Å². The molecule has 208 valence electrons. The van der Waals surface area contributed by atoms with Crippen LogP contribution in [0.5, 0.6) is 0 Å². The third-order valence-corrected chi connectivity index (χ3v) is 9.63. The average Bonchev–Trinajstić information content (AvgIpc) is 3.49. The van der Waals surface area contributed by atoms with Crippen molar-refractivity contribution >= 4 is 75.8 Å². The van der Waals surface area contributed by atoms with Crippen LogP contribution >= 0.6 is 0 Å². The molecule has 0 radical (unpaired) electrons. The number of furan rings is 1. The Morgan fingerprint density at radius 1 is 0.289 bits per heavy atom. The second-order valence-corrected chi connectivity index (χ2v) is 12.0. The quantitative estimate of drug-likeness (QED) is 0.188. The standard InChI is InChI=1S/C44H26O/c1-3-15-29-27(12-1)14-11-23-32(29)41-34-19-7-9-21-36(34)42(37-22-10-8-20-35(37)41)38-26-40-44(33-18-6-5-17-31(33)38)43-30-16-4-2-13-28(30)24-25-39(43)45-40/h1-26H. The topological polar surface area (TPSA) is 13.1 Å². The van der Waals surface area contributed by atoms with Crippen LogP contribution in [0.3, 0.4) is 0 Å². The van der Waals surface area contributed by atoms with Crippen molar-refractivity contribution in [1.82, 2.24) is 0 Å². The Morgan fingerprint density at radius 2 is 0.756 bits per heavy atom. The Kier molecular flexibility index (Phi) is 5.06. The Balaban J connectivity index is 1.39. The summed E-state index contributed by atoms with van der Waals surface area (Å²) in [4.78, 5) is 0. The average molecular weight is 571 g/mol. The summed E-state index contributed by atoms with van der Waals surface area (Å²) in [5.74, 6) is 0. The van der Waals surface area contributed by atoms with Crippen LogP contribution < -0.4 is 0 Å². The van der Waals surface area contributed by atoms with Crippen molar-refractivity contribution in [2.75, 3.05) is 0 Å². The predicted octanol–water partition coefficient (Wildman–Crippen LogP) is 12.7. The molecule has 1 heterocycles. The lowest BCUT2D eigenvalue weighted by atomic mass is 9.83. The number of hydrogen-bond donors (Lipinski definition) is 0. The molecule has 0 N–H and O–H groups in total. The molecule has 0 fully saturated rings. The molecule has 1 nitrogen and oxygen atoms in total. The lowest BCUT2D eigenvalue weighted by molar-refractivity contribution is 0.669. The second kappa shape index (κ2) is 9.29. The van der Waals surface area contributed by atoms with Gasteiger partial charge in [0.15, 0.2) is 0 Å². The first-order chi connectivity index (χ1) is 22.3. The van der Waals surface area contributed by atoms with Gasteiger partial charge in [0.25, 0.3) is 0 Å². The van der Waals surface area contributed by atoms with Gasteiger partial charge in [0.2, 0.25) is 0 Å². The maximum atomic E-state index is 6.70. The van der Waals surface area contributed by atoms with Gasteiger partial charge in [0, 0.05) is 10.8 Å². The first-order valence-corrected chi connectivity index (χ1v) is 15.5. The molecule has 0 saturated carbocycles. The highest BCUT2D eigenvalue weighted by molar-refractivity contribution is 6.31. The number of rotatable bonds is 2. The van der Waals surface area contributed by atoms with Gasteiger partial charge in [-0.25, -0.2) is 0 Å². The van der Waals surface area contributed by atoms with Gasteiger partial charge in [-0.2, -0.15) is 0 Å². The van der Waals surface area contributed by atoms with E-state index in [2.05, 4.69) is 158 Å². The van der Waals surface area contributed by atoms with Gasteiger partial charge >= 0.3 is 0 Å². The number of fused-ring (bicyclic) bond motifs is 10. The first kappa shape index (κ1) is 24.5. The molecule has 0 amide bonds. The molecule has 0 unspecified atom stereocenters. The van der Waals surface area contributed by atoms with Gasteiger partial charge in [-0.1, -0.05) is 146 Å². The van der Waals surface area contributed by atoms with E-state index in [-0.39, 0.29) is 0 Å². The van der Waals surface area contributed by atoms with Crippen LogP contribution in [0.25, 0.3) is 98.1 Å². The van der Waals surface area contributed by atoms with Gasteiger partial charge in [0.05, 0.1) is 0 Å². The minimum Gasteiger partial charge on any atom is -0.456 e. The molecule has 1 aromatic heterocycles. The molecular formula is C44H26O. The van der Waals surface area contributed by atoms with Gasteiger partial charge in [0.1, 0.15) is 11.2 Å². The maximum absolute atomic E-state index is 6.70. The van der Waals surface area contributed by atoms with E-state index >= 15 is 0 Å². The third kappa shape index (κ3) is 3.44. The summed E-state index contributed by atoms with van der Waals surface area (Å²) < 4.78 is 6.70. The summed E-state index contributed by atoms with van der Waals surface area (Å²) in [6.07, 6.45) is 0. The summed E-state index contributed by atoms with van der Waals surface area (Å²) >= 11 is 0. The smallest absolute Gasteiger partial charge is 0.136 e. The van der Waals surface area contributed by atoms with E-state index in [1.807, 2.05) is 0 Å². The lowest BCUT2D eigenvalue weighted by Crippen LogP contribution is -1.92. The zero-order valence-corrected chi connectivity index (χ0v) is 24.4. The molecule has 0 atom stereocenters. The van der Waals surface area contributed by atoms with Crippen molar-refractivity contribution in [3.63, 3.8) is 0 Å². The van der Waals surface area contributed by atoms with Crippen molar-refractivity contribution in [1.29, 1.82) is 0 Å². The SMILES string of the molecule is c1ccc2c(-c3c4ccccc4c(-c4cc5oc6ccc7ccccc7c6c5c5ccccc45)c4ccccc34)cccc2c1. The highest BCUT2D eigenvalue weighted by Gasteiger charge is 2.22. The van der Waals surface area contributed by atoms with E-state index in [4.69, 9.17) is 4.42 Å². The van der Waals surface area contributed by atoms with Gasteiger partial charge in [-0.3, -0.25) is 0 Å². The van der Waals surface area contributed by atoms with Gasteiger partial charge < -0.3 is 4.42 Å². The van der Waals surface area contributed by atoms with Crippen LogP contribution in [0.1, 0.15) is 0 Å². The van der Waals surface area contributed by atoms with E-state index in [0.29, 0.717) is 0 Å². The molecule has 0 spiro atoms. The van der Waals surface area contributed by atoms with Crippen molar-refractivity contribution in [3.8, 4) is 22.3 Å². The highest BCUT2D eigenvalue weighted by Crippen LogP contribution is 2.49. The van der Waals surface area contributed by atoms with Crippen molar-refractivity contribution in [2.24, 2.45) is 0 Å². The summed E-state index contributed by atoms with van der Waals surface area (Å²) in [7, 11) is 0. The molecular weight excluding hydrogens is 544 g/mol. The Labute approximate surface area is 259 Å². The van der Waals surface area contributed by atoms with Crippen LogP contribution in [0, 0.1) is 0 Å². The van der Waals surface area contributed by atoms with E-state index in [0.717, 1.165) is 11.2 Å². The van der Waals surface area contributed by atoms with Crippen LogP contribution in [-0.2, 0) is 0 Å². The molecule has 10 aromatic rings. The largest absolute Gasteiger partial charge is 0.456 e. The molecule has 0 bridgehead atoms. The Bertz CT molecular complexity index is 2750. The zero-order valence-electron chi connectivity index (χ0n) is 24.4. The van der Waals surface area contributed by atoms with E-state index < -0.39 is 0 Å². The van der Waals surface area contributed by atoms with Gasteiger partial charge in [-0.05, 0) is 88.2 Å². The summed E-state index contributed by atoms with van der Waals surface area (Å²) in [5, 5.41) is 14.8. The number of hydrogen-bond acceptors (Lipinski definition) is 1. The normalized spacial score (nSPS) is 12.0. The molecule has 45 heavy (non-hydrogen) atoms. The fourth-order valence-corrected chi connectivity index (χ4v) is 7.76. The van der Waals surface area contributed by atoms with Crippen LogP contribution in [0.2, 0.25) is 0 Å². The molecule has 10 rings (SSSR count). The second-order valence-electron chi connectivity index (χ2n) is 12.0. The van der Waals surface area contributed by atoms with Crippen LogP contribution in [0.4, 0.5) is 0 Å². The monoisotopic (exact) mass is 570 g/mol. The van der Waals surface area contributed by atoms with E-state index in [1.165, 1.54) is 86.9 Å². The Hall–Kier alpha value is -5.92. The number of benzene rings is 9. The third-order valence-electron chi connectivity index (χ3n) is 9.63. The van der Waals surface area contributed by atoms with E-state index in [9.17, 15) is 0 Å². The first-order valence-electron chi connectivity index (χ1n) is 15.5. The molecule has 0 aliphatic rings. The molecule has 1 heteroatoms. The summed E-state index contributed by atoms with van der Waals surface area (Å²) in [5.41, 5.74) is 6.82. The fraction of sp³-hybridized carbons (Fsp3) is 0. The van der Waals surface area contributed by atoms with E-state index in [1.54, 1.807) is 0 Å². The summed E-state index contributed by atoms with van der Waals surface area (Å²) in [6, 6.07) is 57.2. The predicted molar refractivity (Wildman–Crippen MR) is 192 cm³/mol. The molecule has 9 aromatic carbocycles.